The highest BCUT2D eigenvalue weighted by Crippen LogP contribution is 2.35. The number of carbonyl (C=O) groups excluding carboxylic acids is 1. The van der Waals surface area contributed by atoms with Gasteiger partial charge in [0.1, 0.15) is 11.4 Å². The van der Waals surface area contributed by atoms with Crippen LogP contribution in [-0.4, -0.2) is 77.5 Å². The van der Waals surface area contributed by atoms with Gasteiger partial charge in [0, 0.05) is 38.3 Å². The largest absolute Gasteiger partial charge is 0.491 e. The van der Waals surface area contributed by atoms with E-state index < -0.39 is 34.8 Å². The molecule has 3 heterocycles. The normalized spacial score (nSPS) is 14.2. The van der Waals surface area contributed by atoms with E-state index in [1.165, 1.54) is 25.7 Å². The fraction of sp³-hybridized carbons (Fsp3) is 0.393. The number of nitrogens with zero attached hydrogens (tertiary/aromatic N) is 7. The third kappa shape index (κ3) is 7.28. The van der Waals surface area contributed by atoms with Crippen LogP contribution >= 0.6 is 0 Å². The second-order valence-electron chi connectivity index (χ2n) is 10.2. The number of hydrogen-bond acceptors (Lipinski definition) is 10. The molecule has 1 aliphatic rings. The Morgan fingerprint density at radius 2 is 2.09 bits per heavy atom. The number of aromatic nitrogens is 4. The fourth-order valence-electron chi connectivity index (χ4n) is 4.54. The number of benzene rings is 1. The Morgan fingerprint density at radius 3 is 2.75 bits per heavy atom. The van der Waals surface area contributed by atoms with Crippen molar-refractivity contribution in [3.05, 3.63) is 51.8 Å². The summed E-state index contributed by atoms with van der Waals surface area (Å²) in [6.45, 7) is 3.03. The smallest absolute Gasteiger partial charge is 0.423 e. The van der Waals surface area contributed by atoms with Gasteiger partial charge in [-0.25, -0.2) is 24.4 Å². The first-order valence-electron chi connectivity index (χ1n) is 13.5. The predicted molar refractivity (Wildman–Crippen MR) is 154 cm³/mol. The number of methoxy groups -OCH3 is 1. The molecule has 4 rings (SSSR count). The van der Waals surface area contributed by atoms with E-state index >= 15 is 4.39 Å². The summed E-state index contributed by atoms with van der Waals surface area (Å²) in [5.74, 6) is -0.0319. The fourth-order valence-corrected chi connectivity index (χ4v) is 4.54. The Labute approximate surface area is 249 Å². The number of nitriles is 1. The number of carbonyl (C=O) groups is 1. The Balaban J connectivity index is 1.43. The standard InChI is InChI=1S/C28H29F4N9O3/c1-16(37-22-10-36-39-27(43)24(22)28(30,31)32)5-4-6-40(2)15-35-21-8-19(20(29)7-18(21)14-42)25-34-11-23(44-3)26(38-25)41-12-17(9-33)13-41/h7-8,10-11,14-17H,4-6,12-13H2,1-3H3,(H2,37,39,43)/t16-/m0/s1. The van der Waals surface area contributed by atoms with E-state index in [0.717, 1.165) is 12.3 Å². The van der Waals surface area contributed by atoms with E-state index in [-0.39, 0.29) is 28.6 Å². The molecule has 1 aromatic carbocycles. The molecule has 1 fully saturated rings. The molecule has 44 heavy (non-hydrogen) atoms. The second kappa shape index (κ2) is 13.5. The van der Waals surface area contributed by atoms with E-state index in [2.05, 4.69) is 31.4 Å². The number of ether oxygens (including phenoxy) is 1. The summed E-state index contributed by atoms with van der Waals surface area (Å²) < 4.78 is 60.3. The number of hydrogen-bond donors (Lipinski definition) is 2. The van der Waals surface area contributed by atoms with Gasteiger partial charge in [0.25, 0.3) is 5.56 Å². The SMILES string of the molecule is COc1cnc(-c2cc(N=CN(C)CCC[C@H](C)Nc3cn[nH]c(=O)c3C(F)(F)F)c(C=O)cc2F)nc1N1CC(C#N)C1. The zero-order chi connectivity index (χ0) is 32.0. The van der Waals surface area contributed by atoms with Crippen molar-refractivity contribution in [2.45, 2.75) is 32.0 Å². The van der Waals surface area contributed by atoms with Crippen LogP contribution in [0.25, 0.3) is 11.4 Å². The van der Waals surface area contributed by atoms with Crippen LogP contribution in [0.2, 0.25) is 0 Å². The van der Waals surface area contributed by atoms with Crippen molar-refractivity contribution in [2.75, 3.05) is 44.0 Å². The van der Waals surface area contributed by atoms with Crippen LogP contribution in [0, 0.1) is 23.1 Å². The molecule has 232 valence electrons. The number of halogens is 4. The summed E-state index contributed by atoms with van der Waals surface area (Å²) in [6, 6.07) is 4.18. The number of anilines is 2. The molecule has 2 aromatic heterocycles. The van der Waals surface area contributed by atoms with Crippen LogP contribution in [-0.2, 0) is 6.18 Å². The highest BCUT2D eigenvalue weighted by molar-refractivity contribution is 5.86. The molecule has 0 saturated carbocycles. The van der Waals surface area contributed by atoms with E-state index in [9.17, 15) is 22.8 Å². The number of rotatable bonds is 12. The highest BCUT2D eigenvalue weighted by atomic mass is 19.4. The maximum absolute atomic E-state index is 15.1. The zero-order valence-electron chi connectivity index (χ0n) is 24.0. The predicted octanol–water partition coefficient (Wildman–Crippen LogP) is 4.04. The topological polar surface area (TPSA) is 152 Å². The number of aromatic amines is 1. The minimum absolute atomic E-state index is 0.00832. The van der Waals surface area contributed by atoms with Crippen molar-refractivity contribution in [1.29, 1.82) is 5.26 Å². The number of alkyl halides is 3. The van der Waals surface area contributed by atoms with Gasteiger partial charge in [-0.2, -0.15) is 23.5 Å². The third-order valence-corrected chi connectivity index (χ3v) is 6.89. The summed E-state index contributed by atoms with van der Waals surface area (Å²) in [5.41, 5.74) is -2.87. The molecule has 0 radical (unpaired) electrons. The molecule has 16 heteroatoms. The maximum atomic E-state index is 15.1. The van der Waals surface area contributed by atoms with Gasteiger partial charge in [-0.1, -0.05) is 0 Å². The molecule has 0 unspecified atom stereocenters. The second-order valence-corrected chi connectivity index (χ2v) is 10.2. The molecule has 2 N–H and O–H groups in total. The third-order valence-electron chi connectivity index (χ3n) is 6.89. The molecule has 0 aliphatic carbocycles. The monoisotopic (exact) mass is 615 g/mol. The molecular weight excluding hydrogens is 586 g/mol. The summed E-state index contributed by atoms with van der Waals surface area (Å²) in [4.78, 5) is 39.9. The molecule has 1 atom stereocenters. The summed E-state index contributed by atoms with van der Waals surface area (Å²) >= 11 is 0. The zero-order valence-corrected chi connectivity index (χ0v) is 24.0. The van der Waals surface area contributed by atoms with Crippen molar-refractivity contribution in [2.24, 2.45) is 10.9 Å². The lowest BCUT2D eigenvalue weighted by Gasteiger charge is -2.36. The van der Waals surface area contributed by atoms with Crippen molar-refractivity contribution in [3.8, 4) is 23.2 Å². The van der Waals surface area contributed by atoms with Crippen LogP contribution in [0.15, 0.2) is 34.3 Å². The van der Waals surface area contributed by atoms with Crippen molar-refractivity contribution in [1.82, 2.24) is 25.1 Å². The number of nitrogens with one attached hydrogen (secondary N) is 2. The van der Waals surface area contributed by atoms with Gasteiger partial charge in [-0.05, 0) is 31.9 Å². The van der Waals surface area contributed by atoms with Crippen LogP contribution in [0.3, 0.4) is 0 Å². The Hall–Kier alpha value is -5.07. The summed E-state index contributed by atoms with van der Waals surface area (Å²) in [7, 11) is 3.17. The van der Waals surface area contributed by atoms with E-state index in [0.29, 0.717) is 50.3 Å². The average molecular weight is 616 g/mol. The minimum Gasteiger partial charge on any atom is -0.491 e. The lowest BCUT2D eigenvalue weighted by atomic mass is 10.0. The number of H-pyrrole nitrogens is 1. The van der Waals surface area contributed by atoms with Gasteiger partial charge in [-0.15, -0.1) is 0 Å². The highest BCUT2D eigenvalue weighted by Gasteiger charge is 2.37. The Bertz CT molecular complexity index is 1630. The number of aldehydes is 1. The lowest BCUT2D eigenvalue weighted by molar-refractivity contribution is -0.138. The van der Waals surface area contributed by atoms with Gasteiger partial charge in [0.2, 0.25) is 0 Å². The van der Waals surface area contributed by atoms with E-state index in [4.69, 9.17) is 10.00 Å². The molecule has 0 amide bonds. The Kier molecular flexibility index (Phi) is 9.77. The first-order chi connectivity index (χ1) is 20.9. The summed E-state index contributed by atoms with van der Waals surface area (Å²) in [5, 5.41) is 17.0. The maximum Gasteiger partial charge on any atom is 0.423 e. The quantitative estimate of drug-likeness (QED) is 0.132. The van der Waals surface area contributed by atoms with Crippen LogP contribution in [0.5, 0.6) is 5.75 Å². The minimum atomic E-state index is -4.84. The van der Waals surface area contributed by atoms with Crippen molar-refractivity contribution >= 4 is 29.8 Å². The average Bonchev–Trinajstić information content (AvgIpc) is 2.95. The molecule has 0 bridgehead atoms. The molecule has 0 spiro atoms. The van der Waals surface area contributed by atoms with Crippen LogP contribution in [0.4, 0.5) is 34.8 Å². The van der Waals surface area contributed by atoms with Crippen molar-refractivity contribution in [3.63, 3.8) is 0 Å². The van der Waals surface area contributed by atoms with Crippen molar-refractivity contribution < 1.29 is 27.1 Å². The van der Waals surface area contributed by atoms with E-state index in [1.807, 2.05) is 4.90 Å². The molecule has 12 nitrogen and oxygen atoms in total. The van der Waals surface area contributed by atoms with Gasteiger partial charge in [-0.3, -0.25) is 9.59 Å². The van der Waals surface area contributed by atoms with Gasteiger partial charge in [0.15, 0.2) is 23.7 Å². The first-order valence-corrected chi connectivity index (χ1v) is 13.5. The molecule has 3 aromatic rings. The Morgan fingerprint density at radius 1 is 1.34 bits per heavy atom. The van der Waals surface area contributed by atoms with Gasteiger partial charge in [0.05, 0.1) is 54.8 Å². The molecular formula is C28H29F4N9O3. The van der Waals surface area contributed by atoms with E-state index in [1.54, 1.807) is 24.0 Å². The molecule has 1 saturated heterocycles. The van der Waals surface area contributed by atoms with Crippen LogP contribution < -0.4 is 20.5 Å². The van der Waals surface area contributed by atoms with Gasteiger partial charge < -0.3 is 19.9 Å². The lowest BCUT2D eigenvalue weighted by Crippen LogP contribution is -2.46. The van der Waals surface area contributed by atoms with Gasteiger partial charge >= 0.3 is 6.18 Å². The molecule has 1 aliphatic heterocycles. The van der Waals surface area contributed by atoms with Crippen LogP contribution in [0.1, 0.15) is 35.7 Å². The first kappa shape index (κ1) is 31.9. The number of aliphatic imine (C=N–C) groups is 1. The summed E-state index contributed by atoms with van der Waals surface area (Å²) in [6.07, 6.45) is 0.414.